The fraction of sp³-hybridized carbons (Fsp3) is 0.333. The van der Waals surface area contributed by atoms with Gasteiger partial charge in [-0.1, -0.05) is 17.7 Å². The molecule has 3 aromatic rings. The summed E-state index contributed by atoms with van der Waals surface area (Å²) in [5.41, 5.74) is 7.92. The highest BCUT2D eigenvalue weighted by Gasteiger charge is 2.27. The fourth-order valence-corrected chi connectivity index (χ4v) is 4.66. The van der Waals surface area contributed by atoms with E-state index in [2.05, 4.69) is 39.8 Å². The lowest BCUT2D eigenvalue weighted by atomic mass is 9.93. The number of rotatable bonds is 1. The van der Waals surface area contributed by atoms with E-state index in [1.54, 1.807) is 11.6 Å². The Balaban J connectivity index is 1.79. The molecule has 0 fully saturated rings. The number of hydrogen-bond acceptors (Lipinski definition) is 4. The molecule has 2 aliphatic rings. The largest absolute Gasteiger partial charge is 0.454 e. The summed E-state index contributed by atoms with van der Waals surface area (Å²) in [5, 5.41) is 0. The average molecular weight is 403 g/mol. The fourth-order valence-electron chi connectivity index (χ4n) is 4.66. The zero-order valence-corrected chi connectivity index (χ0v) is 17.9. The minimum Gasteiger partial charge on any atom is -0.454 e. The van der Waals surface area contributed by atoms with Crippen LogP contribution in [0.5, 0.6) is 11.5 Å². The first-order valence-electron chi connectivity index (χ1n) is 10.2. The molecule has 2 aliphatic heterocycles. The topological polar surface area (TPSA) is 57.8 Å². The number of aryl methyl sites for hydroxylation is 3. The summed E-state index contributed by atoms with van der Waals surface area (Å²) in [6, 6.07) is 10.3. The Morgan fingerprint density at radius 3 is 2.37 bits per heavy atom. The molecule has 154 valence electrons. The van der Waals surface area contributed by atoms with E-state index in [1.165, 1.54) is 5.56 Å². The molecule has 0 bridgehead atoms. The molecule has 6 heteroatoms. The standard InChI is InChI=1S/C24H25N3O3/c1-13-6-14(2)23(15(3)7-13)25-22-11-19-18-10-21-20(29-12-30-21)9-17(18)8-16(4)27(19)24(28)26(22)5/h6-7,9-11,16H,8,12H2,1-5H3/b25-22-. The number of ether oxygens (including phenoxy) is 2. The molecular weight excluding hydrogens is 378 g/mol. The van der Waals surface area contributed by atoms with E-state index in [-0.39, 0.29) is 18.5 Å². The van der Waals surface area contributed by atoms with E-state index < -0.39 is 0 Å². The second-order valence-electron chi connectivity index (χ2n) is 8.37. The van der Waals surface area contributed by atoms with Crippen LogP contribution in [0.25, 0.3) is 11.3 Å². The summed E-state index contributed by atoms with van der Waals surface area (Å²) in [7, 11) is 1.79. The summed E-state index contributed by atoms with van der Waals surface area (Å²) in [4.78, 5) is 18.2. The van der Waals surface area contributed by atoms with Gasteiger partial charge in [0.05, 0.1) is 11.4 Å². The van der Waals surface area contributed by atoms with Crippen molar-refractivity contribution in [1.29, 1.82) is 0 Å². The van der Waals surface area contributed by atoms with E-state index in [4.69, 9.17) is 14.5 Å². The highest BCUT2D eigenvalue weighted by Crippen LogP contribution is 2.42. The lowest BCUT2D eigenvalue weighted by Gasteiger charge is -2.28. The number of hydrogen-bond donors (Lipinski definition) is 0. The Bertz CT molecular complexity index is 1310. The SMILES string of the molecule is Cc1cc(C)c(/N=c2/cc3n(c(=O)n2C)C(C)Cc2cc4c(cc2-3)OCO4)c(C)c1. The zero-order chi connectivity index (χ0) is 21.2. The minimum atomic E-state index is -0.0653. The predicted octanol–water partition coefficient (Wildman–Crippen LogP) is 3.86. The lowest BCUT2D eigenvalue weighted by Crippen LogP contribution is -2.41. The second-order valence-corrected chi connectivity index (χ2v) is 8.37. The predicted molar refractivity (Wildman–Crippen MR) is 116 cm³/mol. The Labute approximate surface area is 175 Å². The van der Waals surface area contributed by atoms with Crippen molar-refractivity contribution >= 4 is 5.69 Å². The molecule has 0 aliphatic carbocycles. The summed E-state index contributed by atoms with van der Waals surface area (Å²) in [6.45, 7) is 8.50. The van der Waals surface area contributed by atoms with Crippen LogP contribution in [0.3, 0.4) is 0 Å². The molecule has 1 aromatic heterocycles. The molecule has 6 nitrogen and oxygen atoms in total. The van der Waals surface area contributed by atoms with Gasteiger partial charge >= 0.3 is 5.69 Å². The Kier molecular flexibility index (Phi) is 4.13. The summed E-state index contributed by atoms with van der Waals surface area (Å²) in [6.07, 6.45) is 0.769. The Hall–Kier alpha value is -3.28. The van der Waals surface area contributed by atoms with Gasteiger partial charge in [-0.3, -0.25) is 9.13 Å². The van der Waals surface area contributed by atoms with Crippen molar-refractivity contribution in [2.24, 2.45) is 12.0 Å². The van der Waals surface area contributed by atoms with Crippen molar-refractivity contribution in [2.75, 3.05) is 6.79 Å². The van der Waals surface area contributed by atoms with Crippen LogP contribution in [-0.4, -0.2) is 15.9 Å². The van der Waals surface area contributed by atoms with Crippen LogP contribution in [0.1, 0.15) is 35.2 Å². The molecule has 1 atom stereocenters. The number of benzene rings is 2. The first-order valence-corrected chi connectivity index (χ1v) is 10.2. The Morgan fingerprint density at radius 2 is 1.67 bits per heavy atom. The van der Waals surface area contributed by atoms with Crippen molar-refractivity contribution in [3.05, 3.63) is 68.6 Å². The number of fused-ring (bicyclic) bond motifs is 4. The molecule has 0 radical (unpaired) electrons. The molecule has 0 saturated heterocycles. The molecule has 2 aromatic carbocycles. The van der Waals surface area contributed by atoms with Gasteiger partial charge in [0, 0.05) is 24.7 Å². The first kappa shape index (κ1) is 18.7. The number of aromatic nitrogens is 2. The Morgan fingerprint density at radius 1 is 1.00 bits per heavy atom. The van der Waals surface area contributed by atoms with E-state index >= 15 is 0 Å². The highest BCUT2D eigenvalue weighted by molar-refractivity contribution is 5.70. The molecule has 1 unspecified atom stereocenters. The van der Waals surface area contributed by atoms with E-state index in [0.717, 1.165) is 51.6 Å². The van der Waals surface area contributed by atoms with Gasteiger partial charge in [0.2, 0.25) is 6.79 Å². The lowest BCUT2D eigenvalue weighted by molar-refractivity contribution is 0.174. The van der Waals surface area contributed by atoms with Crippen LogP contribution in [0.15, 0.2) is 40.1 Å². The smallest absolute Gasteiger partial charge is 0.330 e. The van der Waals surface area contributed by atoms with Gasteiger partial charge in [-0.25, -0.2) is 9.79 Å². The van der Waals surface area contributed by atoms with Crippen molar-refractivity contribution < 1.29 is 9.47 Å². The molecule has 30 heavy (non-hydrogen) atoms. The van der Waals surface area contributed by atoms with E-state index in [1.807, 2.05) is 22.8 Å². The van der Waals surface area contributed by atoms with Crippen LogP contribution in [0.4, 0.5) is 5.69 Å². The number of nitrogens with zero attached hydrogens (tertiary/aromatic N) is 3. The molecular formula is C24H25N3O3. The van der Waals surface area contributed by atoms with Gasteiger partial charge in [0.25, 0.3) is 0 Å². The molecule has 0 spiro atoms. The maximum atomic E-state index is 13.3. The summed E-state index contributed by atoms with van der Waals surface area (Å²) in [5.74, 6) is 1.49. The molecule has 0 amide bonds. The molecule has 0 N–H and O–H groups in total. The van der Waals surface area contributed by atoms with Gasteiger partial charge in [-0.15, -0.1) is 0 Å². The monoisotopic (exact) mass is 403 g/mol. The third-order valence-corrected chi connectivity index (χ3v) is 6.05. The van der Waals surface area contributed by atoms with Crippen LogP contribution in [0, 0.1) is 20.8 Å². The average Bonchev–Trinajstić information content (AvgIpc) is 3.13. The highest BCUT2D eigenvalue weighted by atomic mass is 16.7. The maximum Gasteiger partial charge on any atom is 0.330 e. The molecule has 3 heterocycles. The van der Waals surface area contributed by atoms with Crippen LogP contribution >= 0.6 is 0 Å². The van der Waals surface area contributed by atoms with Gasteiger partial charge in [0.1, 0.15) is 5.49 Å². The summed E-state index contributed by atoms with van der Waals surface area (Å²) < 4.78 is 14.6. The van der Waals surface area contributed by atoms with Gasteiger partial charge in [-0.2, -0.15) is 0 Å². The quantitative estimate of drug-likeness (QED) is 0.620. The first-order chi connectivity index (χ1) is 14.3. The van der Waals surface area contributed by atoms with Gasteiger partial charge in [-0.05, 0) is 62.9 Å². The van der Waals surface area contributed by atoms with Crippen LogP contribution in [0.2, 0.25) is 0 Å². The van der Waals surface area contributed by atoms with Crippen molar-refractivity contribution in [2.45, 2.75) is 40.2 Å². The zero-order valence-electron chi connectivity index (χ0n) is 17.9. The third kappa shape index (κ3) is 2.78. The third-order valence-electron chi connectivity index (χ3n) is 6.05. The van der Waals surface area contributed by atoms with Crippen molar-refractivity contribution in [3.8, 4) is 22.8 Å². The maximum absolute atomic E-state index is 13.3. The van der Waals surface area contributed by atoms with Crippen molar-refractivity contribution in [1.82, 2.24) is 9.13 Å². The molecule has 0 saturated carbocycles. The van der Waals surface area contributed by atoms with Crippen LogP contribution in [-0.2, 0) is 13.5 Å². The second kappa shape index (κ2) is 6.62. The van der Waals surface area contributed by atoms with Gasteiger partial charge < -0.3 is 9.47 Å². The normalized spacial score (nSPS) is 17.1. The van der Waals surface area contributed by atoms with Crippen LogP contribution < -0.4 is 20.7 Å². The van der Waals surface area contributed by atoms with Gasteiger partial charge in [0.15, 0.2) is 11.5 Å². The van der Waals surface area contributed by atoms with E-state index in [0.29, 0.717) is 5.49 Å². The van der Waals surface area contributed by atoms with E-state index in [9.17, 15) is 4.79 Å². The van der Waals surface area contributed by atoms with Crippen molar-refractivity contribution in [3.63, 3.8) is 0 Å². The minimum absolute atomic E-state index is 0.0449. The molecule has 5 rings (SSSR count). The summed E-state index contributed by atoms with van der Waals surface area (Å²) >= 11 is 0.